The number of imidazole rings is 1. The molecule has 1 aliphatic heterocycles. The van der Waals surface area contributed by atoms with E-state index < -0.39 is 0 Å². The molecule has 3 rings (SSSR count). The summed E-state index contributed by atoms with van der Waals surface area (Å²) in [5.74, 6) is 1.77. The Morgan fingerprint density at radius 3 is 2.89 bits per heavy atom. The van der Waals surface area contributed by atoms with E-state index in [2.05, 4.69) is 40.1 Å². The molecule has 0 radical (unpaired) electrons. The Bertz CT molecular complexity index is 543. The maximum absolute atomic E-state index is 5.39. The Morgan fingerprint density at radius 2 is 2.11 bits per heavy atom. The van der Waals surface area contributed by atoms with Crippen molar-refractivity contribution >= 4 is 17.0 Å². The molecule has 0 unspecified atom stereocenters. The third-order valence-corrected chi connectivity index (χ3v) is 3.96. The van der Waals surface area contributed by atoms with E-state index in [1.807, 2.05) is 6.07 Å². The van der Waals surface area contributed by atoms with Crippen LogP contribution < -0.4 is 5.32 Å². The Hall–Kier alpha value is -1.55. The van der Waals surface area contributed by atoms with Gasteiger partial charge in [0, 0.05) is 26.8 Å². The molecule has 1 aliphatic rings. The lowest BCUT2D eigenvalue weighted by Gasteiger charge is -2.21. The van der Waals surface area contributed by atoms with Crippen LogP contribution in [0.1, 0.15) is 19.3 Å². The topological polar surface area (TPSA) is 39.1 Å². The number of hydrogen-bond acceptors (Lipinski definition) is 3. The minimum atomic E-state index is 0.802. The van der Waals surface area contributed by atoms with Crippen molar-refractivity contribution in [1.82, 2.24) is 9.55 Å². The summed E-state index contributed by atoms with van der Waals surface area (Å²) in [5.41, 5.74) is 2.23. The van der Waals surface area contributed by atoms with Crippen LogP contribution in [0.25, 0.3) is 11.0 Å². The highest BCUT2D eigenvalue weighted by atomic mass is 16.5. The second kappa shape index (κ2) is 5.61. The second-order valence-corrected chi connectivity index (χ2v) is 5.25. The first kappa shape index (κ1) is 12.5. The maximum atomic E-state index is 5.39. The van der Waals surface area contributed by atoms with Gasteiger partial charge in [-0.05, 0) is 37.3 Å². The van der Waals surface area contributed by atoms with Gasteiger partial charge in [0.25, 0.3) is 0 Å². The number of nitrogens with one attached hydrogen (secondary N) is 1. The summed E-state index contributed by atoms with van der Waals surface area (Å²) in [6.07, 6.45) is 3.60. The smallest absolute Gasteiger partial charge is 0.203 e. The lowest BCUT2D eigenvalue weighted by Crippen LogP contribution is -2.19. The Morgan fingerprint density at radius 1 is 1.32 bits per heavy atom. The number of para-hydroxylation sites is 2. The van der Waals surface area contributed by atoms with Gasteiger partial charge >= 0.3 is 0 Å². The number of fused-ring (bicyclic) bond motifs is 1. The SMILES string of the molecule is Cn1c(NCCC2CCOCC2)nc2ccccc21. The van der Waals surface area contributed by atoms with Gasteiger partial charge in [-0.25, -0.2) is 4.98 Å². The predicted molar refractivity (Wildman–Crippen MR) is 77.4 cm³/mol. The molecule has 1 N–H and O–H groups in total. The normalized spacial score (nSPS) is 16.9. The molecule has 19 heavy (non-hydrogen) atoms. The fraction of sp³-hybridized carbons (Fsp3) is 0.533. The van der Waals surface area contributed by atoms with Crippen LogP contribution in [0.2, 0.25) is 0 Å². The van der Waals surface area contributed by atoms with E-state index in [-0.39, 0.29) is 0 Å². The van der Waals surface area contributed by atoms with Gasteiger partial charge in [0.05, 0.1) is 11.0 Å². The fourth-order valence-electron chi connectivity index (χ4n) is 2.73. The van der Waals surface area contributed by atoms with E-state index in [0.717, 1.165) is 37.1 Å². The van der Waals surface area contributed by atoms with E-state index in [1.165, 1.54) is 24.8 Å². The first-order chi connectivity index (χ1) is 9.34. The molecule has 2 heterocycles. The molecule has 1 fully saturated rings. The summed E-state index contributed by atoms with van der Waals surface area (Å²) in [6, 6.07) is 8.24. The number of anilines is 1. The Kier molecular flexibility index (Phi) is 3.69. The average molecular weight is 259 g/mol. The molecule has 102 valence electrons. The summed E-state index contributed by atoms with van der Waals surface area (Å²) < 4.78 is 7.51. The maximum Gasteiger partial charge on any atom is 0.203 e. The van der Waals surface area contributed by atoms with Crippen molar-refractivity contribution in [2.24, 2.45) is 13.0 Å². The molecule has 1 aromatic heterocycles. The molecule has 0 aliphatic carbocycles. The summed E-state index contributed by atoms with van der Waals surface area (Å²) in [5, 5.41) is 3.46. The van der Waals surface area contributed by atoms with Gasteiger partial charge in [-0.3, -0.25) is 0 Å². The van der Waals surface area contributed by atoms with Crippen molar-refractivity contribution in [2.45, 2.75) is 19.3 Å². The van der Waals surface area contributed by atoms with E-state index in [0.29, 0.717) is 0 Å². The second-order valence-electron chi connectivity index (χ2n) is 5.25. The molecule has 1 aromatic carbocycles. The zero-order valence-electron chi connectivity index (χ0n) is 11.4. The highest BCUT2D eigenvalue weighted by molar-refractivity contribution is 5.78. The molecule has 0 bridgehead atoms. The zero-order valence-corrected chi connectivity index (χ0v) is 11.4. The molecular weight excluding hydrogens is 238 g/mol. The van der Waals surface area contributed by atoms with Crippen LogP contribution in [-0.2, 0) is 11.8 Å². The minimum Gasteiger partial charge on any atom is -0.381 e. The Labute approximate surface area is 113 Å². The first-order valence-electron chi connectivity index (χ1n) is 7.07. The summed E-state index contributed by atoms with van der Waals surface area (Å²) >= 11 is 0. The largest absolute Gasteiger partial charge is 0.381 e. The van der Waals surface area contributed by atoms with Crippen LogP contribution >= 0.6 is 0 Å². The van der Waals surface area contributed by atoms with Crippen LogP contribution in [0.3, 0.4) is 0 Å². The van der Waals surface area contributed by atoms with E-state index in [9.17, 15) is 0 Å². The standard InChI is InChI=1S/C15H21N3O/c1-18-14-5-3-2-4-13(14)17-15(18)16-9-6-12-7-10-19-11-8-12/h2-5,12H,6-11H2,1H3,(H,16,17). The summed E-state index contributed by atoms with van der Waals surface area (Å²) in [7, 11) is 2.06. The van der Waals surface area contributed by atoms with Gasteiger partial charge in [-0.15, -0.1) is 0 Å². The highest BCUT2D eigenvalue weighted by Crippen LogP contribution is 2.20. The first-order valence-corrected chi connectivity index (χ1v) is 7.07. The number of nitrogens with zero attached hydrogens (tertiary/aromatic N) is 2. The van der Waals surface area contributed by atoms with E-state index >= 15 is 0 Å². The van der Waals surface area contributed by atoms with Crippen LogP contribution in [0.15, 0.2) is 24.3 Å². The number of hydrogen-bond donors (Lipinski definition) is 1. The van der Waals surface area contributed by atoms with Crippen LogP contribution in [0.4, 0.5) is 5.95 Å². The van der Waals surface area contributed by atoms with Crippen molar-refractivity contribution in [1.29, 1.82) is 0 Å². The number of rotatable bonds is 4. The van der Waals surface area contributed by atoms with Crippen molar-refractivity contribution in [3.05, 3.63) is 24.3 Å². The molecular formula is C15H21N3O. The van der Waals surface area contributed by atoms with Crippen molar-refractivity contribution in [3.63, 3.8) is 0 Å². The van der Waals surface area contributed by atoms with Gasteiger partial charge in [0.1, 0.15) is 0 Å². The molecule has 4 heteroatoms. The molecule has 4 nitrogen and oxygen atoms in total. The third-order valence-electron chi connectivity index (χ3n) is 3.96. The molecule has 1 saturated heterocycles. The molecule has 0 atom stereocenters. The minimum absolute atomic E-state index is 0.802. The monoisotopic (exact) mass is 259 g/mol. The lowest BCUT2D eigenvalue weighted by molar-refractivity contribution is 0.0649. The van der Waals surface area contributed by atoms with Crippen LogP contribution in [0.5, 0.6) is 0 Å². The van der Waals surface area contributed by atoms with Gasteiger partial charge < -0.3 is 14.6 Å². The lowest BCUT2D eigenvalue weighted by atomic mass is 9.97. The number of aryl methyl sites for hydroxylation is 1. The van der Waals surface area contributed by atoms with E-state index in [4.69, 9.17) is 4.74 Å². The molecule has 0 spiro atoms. The van der Waals surface area contributed by atoms with Gasteiger partial charge in [-0.2, -0.15) is 0 Å². The number of ether oxygens (including phenoxy) is 1. The molecule has 2 aromatic rings. The average Bonchev–Trinajstić information content (AvgIpc) is 2.78. The van der Waals surface area contributed by atoms with E-state index in [1.54, 1.807) is 0 Å². The van der Waals surface area contributed by atoms with Gasteiger partial charge in [0.2, 0.25) is 5.95 Å². The molecule has 0 amide bonds. The van der Waals surface area contributed by atoms with Gasteiger partial charge in [-0.1, -0.05) is 12.1 Å². The number of aromatic nitrogens is 2. The molecule has 0 saturated carbocycles. The van der Waals surface area contributed by atoms with Crippen LogP contribution in [-0.4, -0.2) is 29.3 Å². The quantitative estimate of drug-likeness (QED) is 0.917. The zero-order chi connectivity index (χ0) is 13.1. The highest BCUT2D eigenvalue weighted by Gasteiger charge is 2.13. The van der Waals surface area contributed by atoms with Crippen molar-refractivity contribution < 1.29 is 4.74 Å². The predicted octanol–water partition coefficient (Wildman–Crippen LogP) is 2.80. The Balaban J connectivity index is 1.60. The summed E-state index contributed by atoms with van der Waals surface area (Å²) in [4.78, 5) is 4.62. The number of benzene rings is 1. The third kappa shape index (κ3) is 2.73. The summed E-state index contributed by atoms with van der Waals surface area (Å²) in [6.45, 7) is 2.84. The van der Waals surface area contributed by atoms with Crippen molar-refractivity contribution in [2.75, 3.05) is 25.1 Å². The van der Waals surface area contributed by atoms with Gasteiger partial charge in [0.15, 0.2) is 0 Å². The van der Waals surface area contributed by atoms with Crippen LogP contribution in [0, 0.1) is 5.92 Å². The van der Waals surface area contributed by atoms with Crippen molar-refractivity contribution in [3.8, 4) is 0 Å². The fourth-order valence-corrected chi connectivity index (χ4v) is 2.73.